The fourth-order valence-electron chi connectivity index (χ4n) is 2.73. The average Bonchev–Trinajstić information content (AvgIpc) is 3.08. The summed E-state index contributed by atoms with van der Waals surface area (Å²) in [5, 5.41) is 0. The van der Waals surface area contributed by atoms with Crippen LogP contribution < -0.4 is 4.74 Å². The first kappa shape index (κ1) is 18.9. The van der Waals surface area contributed by atoms with Gasteiger partial charge in [-0.3, -0.25) is 0 Å². The molecular weight excluding hydrogens is 340 g/mol. The number of hydrogen-bond acceptors (Lipinski definition) is 5. The highest BCUT2D eigenvalue weighted by Gasteiger charge is 2.11. The maximum absolute atomic E-state index is 5.78. The van der Waals surface area contributed by atoms with Crippen molar-refractivity contribution in [2.45, 2.75) is 25.9 Å². The molecule has 1 unspecified atom stereocenters. The van der Waals surface area contributed by atoms with Gasteiger partial charge in [0.25, 0.3) is 0 Å². The Morgan fingerprint density at radius 2 is 2.00 bits per heavy atom. The second-order valence-electron chi connectivity index (χ2n) is 6.21. The van der Waals surface area contributed by atoms with Crippen molar-refractivity contribution in [1.82, 2.24) is 9.97 Å². The number of oxazole rings is 1. The normalized spacial score (nSPS) is 11.9. The molecule has 0 fully saturated rings. The fourth-order valence-corrected chi connectivity index (χ4v) is 2.73. The van der Waals surface area contributed by atoms with E-state index < -0.39 is 0 Å². The van der Waals surface area contributed by atoms with Crippen LogP contribution in [0.15, 0.2) is 65.7 Å². The number of pyridine rings is 1. The van der Waals surface area contributed by atoms with Crippen LogP contribution in [0.3, 0.4) is 0 Å². The Morgan fingerprint density at radius 3 is 2.67 bits per heavy atom. The molecule has 1 atom stereocenters. The van der Waals surface area contributed by atoms with E-state index in [1.54, 1.807) is 19.4 Å². The van der Waals surface area contributed by atoms with Crippen LogP contribution in [-0.4, -0.2) is 29.8 Å². The molecule has 3 aromatic rings. The Bertz CT molecular complexity index is 857. The predicted molar refractivity (Wildman–Crippen MR) is 105 cm³/mol. The summed E-state index contributed by atoms with van der Waals surface area (Å²) in [5.74, 6) is 2.05. The monoisotopic (exact) mass is 364 g/mol. The summed E-state index contributed by atoms with van der Waals surface area (Å²) in [6, 6.07) is 13.7. The van der Waals surface area contributed by atoms with Gasteiger partial charge in [-0.15, -0.1) is 6.58 Å². The van der Waals surface area contributed by atoms with Crippen LogP contribution in [0.4, 0.5) is 0 Å². The van der Waals surface area contributed by atoms with Gasteiger partial charge in [0.2, 0.25) is 11.8 Å². The van der Waals surface area contributed by atoms with Gasteiger partial charge in [-0.05, 0) is 24.6 Å². The number of aryl methyl sites for hydroxylation is 1. The fraction of sp³-hybridized carbons (Fsp3) is 0.273. The quantitative estimate of drug-likeness (QED) is 0.526. The molecule has 5 nitrogen and oxygen atoms in total. The highest BCUT2D eigenvalue weighted by Crippen LogP contribution is 2.21. The van der Waals surface area contributed by atoms with Crippen LogP contribution in [0.2, 0.25) is 0 Å². The molecule has 0 aliphatic heterocycles. The lowest BCUT2D eigenvalue weighted by atomic mass is 10.1. The third-order valence-corrected chi connectivity index (χ3v) is 4.30. The molecule has 0 saturated carbocycles. The number of nitrogens with zero attached hydrogens (tertiary/aromatic N) is 2. The van der Waals surface area contributed by atoms with Crippen LogP contribution in [0.25, 0.3) is 11.5 Å². The van der Waals surface area contributed by atoms with Crippen molar-refractivity contribution in [3.05, 3.63) is 78.3 Å². The van der Waals surface area contributed by atoms with Gasteiger partial charge in [0, 0.05) is 37.8 Å². The molecule has 1 aromatic carbocycles. The standard InChI is InChI=1S/C22H24N2O3/c1-4-19(25-3)14-17-10-11-21(23-15-17)26-13-12-20-16(2)27-22(24-20)18-8-6-5-7-9-18/h4-11,15,19H,1,12-14H2,2-3H3. The molecule has 0 aliphatic carbocycles. The molecule has 140 valence electrons. The molecule has 0 bridgehead atoms. The average molecular weight is 364 g/mol. The number of aromatic nitrogens is 2. The van der Waals surface area contributed by atoms with Crippen molar-refractivity contribution >= 4 is 0 Å². The van der Waals surface area contributed by atoms with Crippen LogP contribution in [0, 0.1) is 6.92 Å². The molecule has 0 spiro atoms. The molecule has 0 saturated heterocycles. The molecule has 27 heavy (non-hydrogen) atoms. The van der Waals surface area contributed by atoms with Gasteiger partial charge in [-0.25, -0.2) is 9.97 Å². The number of ether oxygens (including phenoxy) is 2. The third kappa shape index (κ3) is 5.05. The Labute approximate surface area is 159 Å². The van der Waals surface area contributed by atoms with Crippen molar-refractivity contribution in [2.24, 2.45) is 0 Å². The summed E-state index contributed by atoms with van der Waals surface area (Å²) in [4.78, 5) is 8.94. The van der Waals surface area contributed by atoms with Crippen molar-refractivity contribution in [3.63, 3.8) is 0 Å². The molecule has 0 amide bonds. The highest BCUT2D eigenvalue weighted by atomic mass is 16.5. The van der Waals surface area contributed by atoms with E-state index in [-0.39, 0.29) is 6.10 Å². The number of rotatable bonds is 9. The smallest absolute Gasteiger partial charge is 0.226 e. The summed E-state index contributed by atoms with van der Waals surface area (Å²) >= 11 is 0. The van der Waals surface area contributed by atoms with Gasteiger partial charge in [0.1, 0.15) is 5.76 Å². The van der Waals surface area contributed by atoms with Crippen molar-refractivity contribution < 1.29 is 13.9 Å². The van der Waals surface area contributed by atoms with Gasteiger partial charge >= 0.3 is 0 Å². The number of methoxy groups -OCH3 is 1. The Kier molecular flexibility index (Phi) is 6.39. The minimum atomic E-state index is -0.00693. The van der Waals surface area contributed by atoms with E-state index in [0.29, 0.717) is 24.8 Å². The van der Waals surface area contributed by atoms with Gasteiger partial charge in [-0.1, -0.05) is 30.3 Å². The molecule has 0 radical (unpaired) electrons. The van der Waals surface area contributed by atoms with E-state index >= 15 is 0 Å². The number of hydrogen-bond donors (Lipinski definition) is 0. The van der Waals surface area contributed by atoms with Crippen LogP contribution in [0.1, 0.15) is 17.0 Å². The minimum Gasteiger partial charge on any atom is -0.477 e. The molecular formula is C22H24N2O3. The van der Waals surface area contributed by atoms with E-state index in [4.69, 9.17) is 13.9 Å². The molecule has 0 aliphatic rings. The largest absolute Gasteiger partial charge is 0.477 e. The second kappa shape index (κ2) is 9.14. The van der Waals surface area contributed by atoms with Gasteiger partial charge < -0.3 is 13.9 Å². The lowest BCUT2D eigenvalue weighted by Gasteiger charge is -2.10. The molecule has 3 rings (SSSR count). The first-order valence-electron chi connectivity index (χ1n) is 8.94. The second-order valence-corrected chi connectivity index (χ2v) is 6.21. The summed E-state index contributed by atoms with van der Waals surface area (Å²) in [5.41, 5.74) is 2.95. The molecule has 2 aromatic heterocycles. The zero-order valence-electron chi connectivity index (χ0n) is 15.7. The zero-order chi connectivity index (χ0) is 19.1. The summed E-state index contributed by atoms with van der Waals surface area (Å²) < 4.78 is 16.8. The maximum atomic E-state index is 5.78. The maximum Gasteiger partial charge on any atom is 0.226 e. The third-order valence-electron chi connectivity index (χ3n) is 4.30. The van der Waals surface area contributed by atoms with Crippen LogP contribution in [-0.2, 0) is 17.6 Å². The van der Waals surface area contributed by atoms with E-state index in [1.165, 1.54) is 0 Å². The van der Waals surface area contributed by atoms with E-state index in [9.17, 15) is 0 Å². The van der Waals surface area contributed by atoms with E-state index in [2.05, 4.69) is 16.5 Å². The molecule has 0 N–H and O–H groups in total. The lowest BCUT2D eigenvalue weighted by molar-refractivity contribution is 0.141. The van der Waals surface area contributed by atoms with Crippen molar-refractivity contribution in [1.29, 1.82) is 0 Å². The highest BCUT2D eigenvalue weighted by molar-refractivity contribution is 5.53. The van der Waals surface area contributed by atoms with Crippen molar-refractivity contribution in [2.75, 3.05) is 13.7 Å². The lowest BCUT2D eigenvalue weighted by Crippen LogP contribution is -2.10. The molecule has 2 heterocycles. The first-order valence-corrected chi connectivity index (χ1v) is 8.94. The first-order chi connectivity index (χ1) is 13.2. The topological polar surface area (TPSA) is 57.4 Å². The zero-order valence-corrected chi connectivity index (χ0v) is 15.7. The van der Waals surface area contributed by atoms with Crippen LogP contribution >= 0.6 is 0 Å². The Balaban J connectivity index is 1.54. The molecule has 5 heteroatoms. The number of benzene rings is 1. The van der Waals surface area contributed by atoms with Gasteiger partial charge in [0.15, 0.2) is 0 Å². The summed E-state index contributed by atoms with van der Waals surface area (Å²) in [6.07, 6.45) is 4.99. The predicted octanol–water partition coefficient (Wildman–Crippen LogP) is 4.41. The Morgan fingerprint density at radius 1 is 1.19 bits per heavy atom. The van der Waals surface area contributed by atoms with Gasteiger partial charge in [0.05, 0.1) is 18.4 Å². The van der Waals surface area contributed by atoms with E-state index in [0.717, 1.165) is 29.0 Å². The SMILES string of the molecule is C=CC(Cc1ccc(OCCc2nc(-c3ccccc3)oc2C)nc1)OC. The summed E-state index contributed by atoms with van der Waals surface area (Å²) in [7, 11) is 1.67. The minimum absolute atomic E-state index is 0.00693. The van der Waals surface area contributed by atoms with Crippen LogP contribution in [0.5, 0.6) is 5.88 Å². The van der Waals surface area contributed by atoms with E-state index in [1.807, 2.05) is 49.4 Å². The Hall–Kier alpha value is -2.92. The van der Waals surface area contributed by atoms with Gasteiger partial charge in [-0.2, -0.15) is 0 Å². The summed E-state index contributed by atoms with van der Waals surface area (Å²) in [6.45, 7) is 6.17. The van der Waals surface area contributed by atoms with Crippen molar-refractivity contribution in [3.8, 4) is 17.3 Å².